The van der Waals surface area contributed by atoms with Crippen LogP contribution in [0.4, 0.5) is 0 Å². The van der Waals surface area contributed by atoms with E-state index in [2.05, 4.69) is 16.3 Å². The largest absolute Gasteiger partial charge is 0.379 e. The van der Waals surface area contributed by atoms with E-state index in [0.717, 1.165) is 25.3 Å². The van der Waals surface area contributed by atoms with E-state index < -0.39 is 0 Å². The van der Waals surface area contributed by atoms with Crippen molar-refractivity contribution >= 4 is 0 Å². The first kappa shape index (κ1) is 15.6. The molecule has 0 aliphatic carbocycles. The molecule has 0 aromatic heterocycles. The molecule has 0 saturated heterocycles. The second-order valence-electron chi connectivity index (χ2n) is 4.71. The van der Waals surface area contributed by atoms with Crippen molar-refractivity contribution in [2.75, 3.05) is 46.9 Å². The number of hydrogen-bond acceptors (Lipinski definition) is 4. The molecule has 0 bridgehead atoms. The first-order valence-electron chi connectivity index (χ1n) is 6.62. The van der Waals surface area contributed by atoms with E-state index in [4.69, 9.17) is 10.00 Å². The summed E-state index contributed by atoms with van der Waals surface area (Å²) in [5, 5.41) is 12.4. The third-order valence-corrected chi connectivity index (χ3v) is 2.81. The van der Waals surface area contributed by atoms with Gasteiger partial charge in [-0.25, -0.2) is 0 Å². The van der Waals surface area contributed by atoms with Gasteiger partial charge in [-0.1, -0.05) is 30.3 Å². The average Bonchev–Trinajstić information content (AvgIpc) is 2.42. The van der Waals surface area contributed by atoms with E-state index in [-0.39, 0.29) is 5.92 Å². The monoisotopic (exact) mass is 261 g/mol. The first-order chi connectivity index (χ1) is 9.24. The Labute approximate surface area is 116 Å². The fourth-order valence-corrected chi connectivity index (χ4v) is 1.66. The van der Waals surface area contributed by atoms with Crippen molar-refractivity contribution in [3.05, 3.63) is 35.9 Å². The lowest BCUT2D eigenvalue weighted by Gasteiger charge is -2.12. The molecule has 0 aliphatic heterocycles. The van der Waals surface area contributed by atoms with Gasteiger partial charge < -0.3 is 15.0 Å². The maximum atomic E-state index is 9.15. The number of nitrogens with one attached hydrogen (secondary N) is 1. The van der Waals surface area contributed by atoms with Crippen molar-refractivity contribution in [1.82, 2.24) is 10.2 Å². The molecule has 0 heterocycles. The molecular weight excluding hydrogens is 238 g/mol. The van der Waals surface area contributed by atoms with E-state index in [1.807, 2.05) is 44.4 Å². The molecule has 0 spiro atoms. The smallest absolute Gasteiger partial charge is 0.0837 e. The lowest BCUT2D eigenvalue weighted by atomic mass is 10.0. The number of likely N-dealkylation sites (N-methyl/N-ethyl adjacent to an activating group) is 1. The summed E-state index contributed by atoms with van der Waals surface area (Å²) in [5.74, 6) is -0.0945. The predicted octanol–water partition coefficient (Wildman–Crippen LogP) is 1.46. The minimum atomic E-state index is -0.0945. The maximum Gasteiger partial charge on any atom is 0.0837 e. The van der Waals surface area contributed by atoms with Gasteiger partial charge in [0.05, 0.1) is 25.2 Å². The van der Waals surface area contributed by atoms with Crippen LogP contribution in [0.25, 0.3) is 0 Å². The second-order valence-corrected chi connectivity index (χ2v) is 4.71. The van der Waals surface area contributed by atoms with E-state index in [1.165, 1.54) is 0 Å². The van der Waals surface area contributed by atoms with Gasteiger partial charge in [0.1, 0.15) is 0 Å². The number of nitrogens with zero attached hydrogens (tertiary/aromatic N) is 2. The van der Waals surface area contributed by atoms with Crippen LogP contribution < -0.4 is 5.32 Å². The van der Waals surface area contributed by atoms with Crippen molar-refractivity contribution in [3.63, 3.8) is 0 Å². The molecule has 0 radical (unpaired) electrons. The molecule has 0 fully saturated rings. The van der Waals surface area contributed by atoms with Crippen LogP contribution in [0.15, 0.2) is 30.3 Å². The van der Waals surface area contributed by atoms with Gasteiger partial charge in [0.2, 0.25) is 0 Å². The Kier molecular flexibility index (Phi) is 7.83. The first-order valence-corrected chi connectivity index (χ1v) is 6.62. The molecule has 1 unspecified atom stereocenters. The number of hydrogen-bond donors (Lipinski definition) is 1. The Morgan fingerprint density at radius 1 is 1.26 bits per heavy atom. The van der Waals surface area contributed by atoms with Crippen molar-refractivity contribution in [3.8, 4) is 6.07 Å². The molecule has 0 amide bonds. The molecule has 1 atom stereocenters. The van der Waals surface area contributed by atoms with Crippen LogP contribution in [0.5, 0.6) is 0 Å². The zero-order valence-corrected chi connectivity index (χ0v) is 11.8. The molecule has 0 saturated carbocycles. The van der Waals surface area contributed by atoms with E-state index in [0.29, 0.717) is 13.2 Å². The van der Waals surface area contributed by atoms with Crippen molar-refractivity contribution in [1.29, 1.82) is 5.26 Å². The maximum absolute atomic E-state index is 9.15. The van der Waals surface area contributed by atoms with Gasteiger partial charge >= 0.3 is 0 Å². The van der Waals surface area contributed by atoms with Gasteiger partial charge in [-0.3, -0.25) is 0 Å². The Hall–Kier alpha value is -1.41. The Bertz CT molecular complexity index is 373. The lowest BCUT2D eigenvalue weighted by molar-refractivity contribution is 0.119. The Morgan fingerprint density at radius 2 is 2.00 bits per heavy atom. The lowest BCUT2D eigenvalue weighted by Crippen LogP contribution is -2.26. The van der Waals surface area contributed by atoms with Gasteiger partial charge in [-0.2, -0.15) is 5.26 Å². The van der Waals surface area contributed by atoms with Crippen LogP contribution >= 0.6 is 0 Å². The zero-order valence-electron chi connectivity index (χ0n) is 11.8. The number of ether oxygens (including phenoxy) is 1. The average molecular weight is 261 g/mol. The summed E-state index contributed by atoms with van der Waals surface area (Å²) >= 11 is 0. The molecule has 4 heteroatoms. The van der Waals surface area contributed by atoms with Crippen LogP contribution in [0.3, 0.4) is 0 Å². The minimum Gasteiger partial charge on any atom is -0.379 e. The molecule has 104 valence electrons. The summed E-state index contributed by atoms with van der Waals surface area (Å²) in [5.41, 5.74) is 1.06. The number of rotatable bonds is 9. The van der Waals surface area contributed by atoms with Gasteiger partial charge in [-0.05, 0) is 19.7 Å². The highest BCUT2D eigenvalue weighted by Crippen LogP contribution is 2.12. The van der Waals surface area contributed by atoms with Crippen molar-refractivity contribution < 1.29 is 4.74 Å². The normalized spacial score (nSPS) is 12.3. The third-order valence-electron chi connectivity index (χ3n) is 2.81. The van der Waals surface area contributed by atoms with Crippen LogP contribution in [-0.4, -0.2) is 51.8 Å². The predicted molar refractivity (Wildman–Crippen MR) is 77.0 cm³/mol. The number of nitriles is 1. The van der Waals surface area contributed by atoms with E-state index in [1.54, 1.807) is 0 Å². The summed E-state index contributed by atoms with van der Waals surface area (Å²) < 4.78 is 5.48. The topological polar surface area (TPSA) is 48.3 Å². The highest BCUT2D eigenvalue weighted by molar-refractivity contribution is 5.24. The summed E-state index contributed by atoms with van der Waals surface area (Å²) in [7, 11) is 4.05. The summed E-state index contributed by atoms with van der Waals surface area (Å²) in [6.45, 7) is 3.80. The standard InChI is InChI=1S/C15H23N3O/c1-18(2)9-11-19-10-8-17-13-15(12-16)14-6-4-3-5-7-14/h3-7,15,17H,8-11,13H2,1-2H3. The van der Waals surface area contributed by atoms with Crippen molar-refractivity contribution in [2.24, 2.45) is 0 Å². The van der Waals surface area contributed by atoms with Gasteiger partial charge in [0, 0.05) is 19.6 Å². The molecule has 1 N–H and O–H groups in total. The van der Waals surface area contributed by atoms with Gasteiger partial charge in [-0.15, -0.1) is 0 Å². The Balaban J connectivity index is 2.13. The van der Waals surface area contributed by atoms with Gasteiger partial charge in [0.15, 0.2) is 0 Å². The third kappa shape index (κ3) is 6.92. The highest BCUT2D eigenvalue weighted by atomic mass is 16.5. The van der Waals surface area contributed by atoms with Crippen LogP contribution in [-0.2, 0) is 4.74 Å². The molecule has 4 nitrogen and oxygen atoms in total. The molecular formula is C15H23N3O. The SMILES string of the molecule is CN(C)CCOCCNCC(C#N)c1ccccc1. The zero-order chi connectivity index (χ0) is 13.9. The fraction of sp³-hybridized carbons (Fsp3) is 0.533. The minimum absolute atomic E-state index is 0.0945. The highest BCUT2D eigenvalue weighted by Gasteiger charge is 2.08. The molecule has 1 rings (SSSR count). The van der Waals surface area contributed by atoms with E-state index >= 15 is 0 Å². The summed E-state index contributed by atoms with van der Waals surface area (Å²) in [6.07, 6.45) is 0. The summed E-state index contributed by atoms with van der Waals surface area (Å²) in [6, 6.07) is 12.2. The van der Waals surface area contributed by atoms with Crippen LogP contribution in [0, 0.1) is 11.3 Å². The fourth-order valence-electron chi connectivity index (χ4n) is 1.66. The quantitative estimate of drug-likeness (QED) is 0.684. The Morgan fingerprint density at radius 3 is 2.63 bits per heavy atom. The molecule has 19 heavy (non-hydrogen) atoms. The summed E-state index contributed by atoms with van der Waals surface area (Å²) in [4.78, 5) is 2.09. The van der Waals surface area contributed by atoms with Crippen LogP contribution in [0.1, 0.15) is 11.5 Å². The van der Waals surface area contributed by atoms with Gasteiger partial charge in [0.25, 0.3) is 0 Å². The molecule has 0 aliphatic rings. The van der Waals surface area contributed by atoms with E-state index in [9.17, 15) is 0 Å². The molecule has 1 aromatic rings. The van der Waals surface area contributed by atoms with Crippen molar-refractivity contribution in [2.45, 2.75) is 5.92 Å². The second kappa shape index (κ2) is 9.51. The van der Waals surface area contributed by atoms with Crippen LogP contribution in [0.2, 0.25) is 0 Å². The molecule has 1 aromatic carbocycles. The number of benzene rings is 1.